The van der Waals surface area contributed by atoms with E-state index in [1.54, 1.807) is 0 Å². The van der Waals surface area contributed by atoms with E-state index < -0.39 is 6.04 Å². The van der Waals surface area contributed by atoms with Gasteiger partial charge in [-0.1, -0.05) is 0 Å². The summed E-state index contributed by atoms with van der Waals surface area (Å²) < 4.78 is 6.48. The van der Waals surface area contributed by atoms with E-state index >= 15 is 0 Å². The fourth-order valence-electron chi connectivity index (χ4n) is 1.08. The molecule has 0 bridgehead atoms. The van der Waals surface area contributed by atoms with Gasteiger partial charge in [0, 0.05) is 18.9 Å². The van der Waals surface area contributed by atoms with Crippen molar-refractivity contribution in [3.63, 3.8) is 0 Å². The van der Waals surface area contributed by atoms with Gasteiger partial charge in [-0.15, -0.1) is 0 Å². The van der Waals surface area contributed by atoms with Crippen LogP contribution in [0.2, 0.25) is 0 Å². The second-order valence-corrected chi connectivity index (χ2v) is 2.84. The van der Waals surface area contributed by atoms with Crippen LogP contribution in [0.4, 0.5) is 0 Å². The molecule has 2 N–H and O–H groups in total. The minimum atomic E-state index is -0.521. The summed E-state index contributed by atoms with van der Waals surface area (Å²) in [6, 6.07) is 3.35. The van der Waals surface area contributed by atoms with Gasteiger partial charge in [0.25, 0.3) is 0 Å². The lowest BCUT2D eigenvalue weighted by Gasteiger charge is -2.09. The molecule has 0 aromatic carbocycles. The number of ether oxygens (including phenoxy) is 1. The van der Waals surface area contributed by atoms with Crippen LogP contribution in [0, 0.1) is 0 Å². The number of carbonyl (C=O) groups is 1. The van der Waals surface area contributed by atoms with Gasteiger partial charge >= 0.3 is 5.97 Å². The van der Waals surface area contributed by atoms with Crippen LogP contribution in [-0.4, -0.2) is 23.7 Å². The molecule has 0 spiro atoms. The first-order valence-electron chi connectivity index (χ1n) is 4.18. The third kappa shape index (κ3) is 2.91. The largest absolute Gasteiger partial charge is 0.468 e. The van der Waals surface area contributed by atoms with Crippen LogP contribution >= 0.6 is 0 Å². The molecule has 1 rings (SSSR count). The average Bonchev–Trinajstić information content (AvgIpc) is 2.65. The number of aromatic nitrogens is 1. The predicted octanol–water partition coefficient (Wildman–Crippen LogP) is 0.378. The number of aryl methyl sites for hydroxylation is 1. The Morgan fingerprint density at radius 1 is 1.54 bits per heavy atom. The molecule has 0 aliphatic carbocycles. The molecule has 0 amide bonds. The lowest BCUT2D eigenvalue weighted by atomic mass is 10.2. The summed E-state index contributed by atoms with van der Waals surface area (Å²) >= 11 is 0. The highest BCUT2D eigenvalue weighted by molar-refractivity contribution is 5.75. The summed E-state index contributed by atoms with van der Waals surface area (Å²) in [5.41, 5.74) is 5.56. The van der Waals surface area contributed by atoms with Gasteiger partial charge in [0.1, 0.15) is 6.04 Å². The summed E-state index contributed by atoms with van der Waals surface area (Å²) in [6.45, 7) is 0.739. The van der Waals surface area contributed by atoms with Gasteiger partial charge in [0.2, 0.25) is 0 Å². The van der Waals surface area contributed by atoms with Gasteiger partial charge in [-0.05, 0) is 18.6 Å². The van der Waals surface area contributed by atoms with Crippen molar-refractivity contribution in [2.75, 3.05) is 7.11 Å². The first-order chi connectivity index (χ1) is 6.24. The Bertz CT molecular complexity index is 257. The number of nitrogens with zero attached hydrogens (tertiary/aromatic N) is 1. The maximum atomic E-state index is 10.9. The molecule has 4 nitrogen and oxygen atoms in total. The second-order valence-electron chi connectivity index (χ2n) is 2.84. The van der Waals surface area contributed by atoms with Crippen LogP contribution in [-0.2, 0) is 16.1 Å². The first kappa shape index (κ1) is 9.80. The monoisotopic (exact) mass is 182 g/mol. The topological polar surface area (TPSA) is 57.2 Å². The molecule has 4 heteroatoms. The van der Waals surface area contributed by atoms with Crippen molar-refractivity contribution in [2.24, 2.45) is 5.73 Å². The van der Waals surface area contributed by atoms with Crippen LogP contribution in [0.3, 0.4) is 0 Å². The zero-order valence-corrected chi connectivity index (χ0v) is 7.64. The maximum Gasteiger partial charge on any atom is 0.322 e. The summed E-state index contributed by atoms with van der Waals surface area (Å²) in [7, 11) is 1.35. The molecule has 1 atom stereocenters. The van der Waals surface area contributed by atoms with Gasteiger partial charge in [-0.2, -0.15) is 0 Å². The molecule has 1 heterocycles. The number of hydrogen-bond acceptors (Lipinski definition) is 3. The van der Waals surface area contributed by atoms with E-state index in [1.165, 1.54) is 7.11 Å². The molecule has 1 aromatic rings. The highest BCUT2D eigenvalue weighted by Crippen LogP contribution is 1.97. The fourth-order valence-corrected chi connectivity index (χ4v) is 1.08. The number of rotatable bonds is 4. The van der Waals surface area contributed by atoms with Crippen LogP contribution in [0.5, 0.6) is 0 Å². The van der Waals surface area contributed by atoms with Gasteiger partial charge in [0.05, 0.1) is 7.11 Å². The number of methoxy groups -OCH3 is 1. The second kappa shape index (κ2) is 4.67. The molecule has 0 radical (unpaired) electrons. The van der Waals surface area contributed by atoms with Crippen LogP contribution in [0.25, 0.3) is 0 Å². The molecule has 0 aliphatic heterocycles. The molecule has 0 fully saturated rings. The minimum absolute atomic E-state index is 0.354. The average molecular weight is 182 g/mol. The molecule has 0 aliphatic rings. The van der Waals surface area contributed by atoms with E-state index in [9.17, 15) is 4.79 Å². The third-order valence-corrected chi connectivity index (χ3v) is 1.87. The zero-order chi connectivity index (χ0) is 9.68. The van der Waals surface area contributed by atoms with Crippen molar-refractivity contribution in [3.8, 4) is 0 Å². The minimum Gasteiger partial charge on any atom is -0.468 e. The predicted molar refractivity (Wildman–Crippen MR) is 49.0 cm³/mol. The lowest BCUT2D eigenvalue weighted by molar-refractivity contribution is -0.142. The summed E-state index contributed by atoms with van der Waals surface area (Å²) in [4.78, 5) is 10.9. The van der Waals surface area contributed by atoms with Crippen molar-refractivity contribution in [1.29, 1.82) is 0 Å². The Labute approximate surface area is 77.3 Å². The van der Waals surface area contributed by atoms with Crippen molar-refractivity contribution in [2.45, 2.75) is 19.0 Å². The van der Waals surface area contributed by atoms with Crippen LogP contribution in [0.1, 0.15) is 6.42 Å². The highest BCUT2D eigenvalue weighted by Gasteiger charge is 2.12. The molecule has 1 unspecified atom stereocenters. The summed E-state index contributed by atoms with van der Waals surface area (Å²) in [6.07, 6.45) is 4.47. The van der Waals surface area contributed by atoms with E-state index in [1.807, 2.05) is 29.1 Å². The standard InChI is InChI=1S/C9H14N2O2/c1-13-9(12)8(10)4-7-11-5-2-3-6-11/h2-3,5-6,8H,4,7,10H2,1H3. The molecular weight excluding hydrogens is 168 g/mol. The van der Waals surface area contributed by atoms with Gasteiger partial charge < -0.3 is 15.0 Å². The third-order valence-electron chi connectivity index (χ3n) is 1.87. The van der Waals surface area contributed by atoms with E-state index in [-0.39, 0.29) is 5.97 Å². The van der Waals surface area contributed by atoms with Gasteiger partial charge in [-0.25, -0.2) is 0 Å². The SMILES string of the molecule is COC(=O)C(N)CCn1cccc1. The zero-order valence-electron chi connectivity index (χ0n) is 7.64. The van der Waals surface area contributed by atoms with Crippen molar-refractivity contribution < 1.29 is 9.53 Å². The number of hydrogen-bond donors (Lipinski definition) is 1. The molecular formula is C9H14N2O2. The highest BCUT2D eigenvalue weighted by atomic mass is 16.5. The van der Waals surface area contributed by atoms with Crippen molar-refractivity contribution in [1.82, 2.24) is 4.57 Å². The number of esters is 1. The fraction of sp³-hybridized carbons (Fsp3) is 0.444. The molecule has 0 saturated carbocycles. The van der Waals surface area contributed by atoms with Gasteiger partial charge in [-0.3, -0.25) is 4.79 Å². The first-order valence-corrected chi connectivity index (χ1v) is 4.18. The quantitative estimate of drug-likeness (QED) is 0.685. The van der Waals surface area contributed by atoms with E-state index in [0.29, 0.717) is 6.42 Å². The van der Waals surface area contributed by atoms with Crippen molar-refractivity contribution >= 4 is 5.97 Å². The Kier molecular flexibility index (Phi) is 3.52. The van der Waals surface area contributed by atoms with E-state index in [0.717, 1.165) is 6.54 Å². The normalized spacial score (nSPS) is 12.5. The Balaban J connectivity index is 2.30. The maximum absolute atomic E-state index is 10.9. The summed E-state index contributed by atoms with van der Waals surface area (Å²) in [5.74, 6) is -0.354. The Hall–Kier alpha value is -1.29. The molecule has 0 saturated heterocycles. The number of carbonyl (C=O) groups excluding carboxylic acids is 1. The van der Waals surface area contributed by atoms with Gasteiger partial charge in [0.15, 0.2) is 0 Å². The van der Waals surface area contributed by atoms with Crippen LogP contribution < -0.4 is 5.73 Å². The number of nitrogens with two attached hydrogens (primary N) is 1. The molecule has 72 valence electrons. The summed E-state index contributed by atoms with van der Waals surface area (Å²) in [5, 5.41) is 0. The Morgan fingerprint density at radius 3 is 2.69 bits per heavy atom. The van der Waals surface area contributed by atoms with E-state index in [4.69, 9.17) is 5.73 Å². The molecule has 13 heavy (non-hydrogen) atoms. The Morgan fingerprint density at radius 2 is 2.15 bits per heavy atom. The van der Waals surface area contributed by atoms with E-state index in [2.05, 4.69) is 4.74 Å². The van der Waals surface area contributed by atoms with Crippen molar-refractivity contribution in [3.05, 3.63) is 24.5 Å². The van der Waals surface area contributed by atoms with Crippen LogP contribution in [0.15, 0.2) is 24.5 Å². The lowest BCUT2D eigenvalue weighted by Crippen LogP contribution is -2.32. The molecule has 1 aromatic heterocycles. The smallest absolute Gasteiger partial charge is 0.322 e.